The van der Waals surface area contributed by atoms with Crippen molar-refractivity contribution in [3.8, 4) is 17.6 Å². The van der Waals surface area contributed by atoms with E-state index in [9.17, 15) is 5.26 Å². The van der Waals surface area contributed by atoms with E-state index < -0.39 is 0 Å². The fourth-order valence-corrected chi connectivity index (χ4v) is 3.23. The molecule has 0 amide bonds. The summed E-state index contributed by atoms with van der Waals surface area (Å²) in [7, 11) is 0. The van der Waals surface area contributed by atoms with E-state index in [1.54, 1.807) is 0 Å². The smallest absolute Gasteiger partial charge is 0.161 e. The Morgan fingerprint density at radius 3 is 2.71 bits per heavy atom. The van der Waals surface area contributed by atoms with Crippen LogP contribution in [0.4, 0.5) is 0 Å². The van der Waals surface area contributed by atoms with Crippen LogP contribution in [0.25, 0.3) is 0 Å². The summed E-state index contributed by atoms with van der Waals surface area (Å²) in [5.41, 5.74) is 0.958. The molecule has 0 bridgehead atoms. The number of nitriles is 1. The minimum Gasteiger partial charge on any atom is -0.486 e. The monoisotopic (exact) mass is 286 g/mol. The molecule has 1 fully saturated rings. The molecule has 1 saturated carbocycles. The van der Waals surface area contributed by atoms with Crippen LogP contribution in [0.2, 0.25) is 0 Å². The number of nitrogens with one attached hydrogen (secondary N) is 1. The van der Waals surface area contributed by atoms with E-state index in [1.807, 2.05) is 18.2 Å². The number of hydrogen-bond donors (Lipinski definition) is 1. The molecule has 21 heavy (non-hydrogen) atoms. The molecular formula is C17H22N2O2. The van der Waals surface area contributed by atoms with E-state index in [1.165, 1.54) is 19.3 Å². The van der Waals surface area contributed by atoms with Crippen LogP contribution in [0.5, 0.6) is 11.5 Å². The van der Waals surface area contributed by atoms with Gasteiger partial charge in [0.15, 0.2) is 11.5 Å². The number of hydrogen-bond acceptors (Lipinski definition) is 4. The number of fused-ring (bicyclic) bond motifs is 1. The molecule has 1 aliphatic heterocycles. The highest BCUT2D eigenvalue weighted by Crippen LogP contribution is 2.33. The van der Waals surface area contributed by atoms with E-state index in [4.69, 9.17) is 9.47 Å². The number of nitrogens with zero attached hydrogens (tertiary/aromatic N) is 1. The molecule has 0 aromatic heterocycles. The Morgan fingerprint density at radius 2 is 1.95 bits per heavy atom. The molecule has 1 N–H and O–H groups in total. The molecule has 3 atom stereocenters. The van der Waals surface area contributed by atoms with Gasteiger partial charge in [0.05, 0.1) is 6.07 Å². The van der Waals surface area contributed by atoms with Gasteiger partial charge in [0.1, 0.15) is 19.3 Å². The van der Waals surface area contributed by atoms with E-state index >= 15 is 0 Å². The Kier molecular flexibility index (Phi) is 4.31. The third kappa shape index (κ3) is 3.14. The van der Waals surface area contributed by atoms with Gasteiger partial charge in [-0.15, -0.1) is 0 Å². The molecule has 4 heteroatoms. The summed E-state index contributed by atoms with van der Waals surface area (Å²) in [6.45, 7) is 3.43. The second-order valence-corrected chi connectivity index (χ2v) is 6.00. The quantitative estimate of drug-likeness (QED) is 0.927. The minimum absolute atomic E-state index is 0.286. The molecule has 3 unspecified atom stereocenters. The first-order valence-electron chi connectivity index (χ1n) is 7.83. The third-order valence-corrected chi connectivity index (χ3v) is 4.52. The van der Waals surface area contributed by atoms with Crippen molar-refractivity contribution in [2.75, 3.05) is 13.2 Å². The van der Waals surface area contributed by atoms with Crippen LogP contribution >= 0.6 is 0 Å². The maximum atomic E-state index is 9.52. The molecule has 0 radical (unpaired) electrons. The highest BCUT2D eigenvalue weighted by molar-refractivity contribution is 5.45. The summed E-state index contributed by atoms with van der Waals surface area (Å²) in [6, 6.07) is 8.32. The predicted octanol–water partition coefficient (Wildman–Crippen LogP) is 3.19. The van der Waals surface area contributed by atoms with Crippen molar-refractivity contribution in [3.63, 3.8) is 0 Å². The standard InChI is InChI=1S/C17H22N2O2/c1-12-4-2-3-5-14(12)19-15(11-18)13-6-7-16-17(10-13)21-9-8-20-16/h6-7,10,12,14-15,19H,2-5,8-9H2,1H3. The van der Waals surface area contributed by atoms with Crippen LogP contribution in [0.15, 0.2) is 18.2 Å². The summed E-state index contributed by atoms with van der Waals surface area (Å²) in [5, 5.41) is 13.0. The van der Waals surface area contributed by atoms with Crippen LogP contribution in [0, 0.1) is 17.2 Å². The van der Waals surface area contributed by atoms with Crippen LogP contribution in [-0.4, -0.2) is 19.3 Å². The van der Waals surface area contributed by atoms with Crippen molar-refractivity contribution in [1.29, 1.82) is 5.26 Å². The van der Waals surface area contributed by atoms with Crippen LogP contribution in [0.1, 0.15) is 44.2 Å². The zero-order chi connectivity index (χ0) is 14.7. The average molecular weight is 286 g/mol. The predicted molar refractivity (Wildman–Crippen MR) is 80.3 cm³/mol. The Bertz CT molecular complexity index is 538. The first-order valence-corrected chi connectivity index (χ1v) is 7.83. The molecule has 1 heterocycles. The average Bonchev–Trinajstić information content (AvgIpc) is 2.54. The lowest BCUT2D eigenvalue weighted by atomic mass is 9.85. The zero-order valence-corrected chi connectivity index (χ0v) is 12.5. The first kappa shape index (κ1) is 14.2. The third-order valence-electron chi connectivity index (χ3n) is 4.52. The lowest BCUT2D eigenvalue weighted by Crippen LogP contribution is -2.39. The van der Waals surface area contributed by atoms with Crippen molar-refractivity contribution in [2.45, 2.75) is 44.7 Å². The first-order chi connectivity index (χ1) is 10.3. The van der Waals surface area contributed by atoms with E-state index in [-0.39, 0.29) is 6.04 Å². The lowest BCUT2D eigenvalue weighted by Gasteiger charge is -2.31. The molecule has 112 valence electrons. The summed E-state index contributed by atoms with van der Waals surface area (Å²) in [6.07, 6.45) is 4.96. The van der Waals surface area contributed by atoms with Gasteiger partial charge >= 0.3 is 0 Å². The summed E-state index contributed by atoms with van der Waals surface area (Å²) < 4.78 is 11.1. The number of ether oxygens (including phenoxy) is 2. The van der Waals surface area contributed by atoms with Gasteiger partial charge in [-0.25, -0.2) is 0 Å². The van der Waals surface area contributed by atoms with Crippen LogP contribution < -0.4 is 14.8 Å². The van der Waals surface area contributed by atoms with Crippen molar-refractivity contribution in [2.24, 2.45) is 5.92 Å². The van der Waals surface area contributed by atoms with E-state index in [2.05, 4.69) is 18.3 Å². The molecule has 3 rings (SSSR count). The Balaban J connectivity index is 1.75. The van der Waals surface area contributed by atoms with Gasteiger partial charge in [-0.05, 0) is 36.5 Å². The fourth-order valence-electron chi connectivity index (χ4n) is 3.23. The number of benzene rings is 1. The fraction of sp³-hybridized carbons (Fsp3) is 0.588. The second-order valence-electron chi connectivity index (χ2n) is 6.00. The van der Waals surface area contributed by atoms with Gasteiger partial charge in [0.2, 0.25) is 0 Å². The molecule has 1 aromatic carbocycles. The molecule has 1 aromatic rings. The maximum Gasteiger partial charge on any atom is 0.161 e. The van der Waals surface area contributed by atoms with Gasteiger partial charge in [-0.3, -0.25) is 5.32 Å². The maximum absolute atomic E-state index is 9.52. The van der Waals surface area contributed by atoms with Crippen molar-refractivity contribution in [3.05, 3.63) is 23.8 Å². The largest absolute Gasteiger partial charge is 0.486 e. The summed E-state index contributed by atoms with van der Waals surface area (Å²) in [5.74, 6) is 2.15. The van der Waals surface area contributed by atoms with Gasteiger partial charge < -0.3 is 9.47 Å². The van der Waals surface area contributed by atoms with Crippen molar-refractivity contribution < 1.29 is 9.47 Å². The van der Waals surface area contributed by atoms with Crippen LogP contribution in [-0.2, 0) is 0 Å². The van der Waals surface area contributed by atoms with Gasteiger partial charge in [-0.1, -0.05) is 25.8 Å². The molecule has 0 saturated heterocycles. The summed E-state index contributed by atoms with van der Waals surface area (Å²) >= 11 is 0. The summed E-state index contributed by atoms with van der Waals surface area (Å²) in [4.78, 5) is 0. The van der Waals surface area contributed by atoms with Crippen LogP contribution in [0.3, 0.4) is 0 Å². The Labute approximate surface area is 126 Å². The highest BCUT2D eigenvalue weighted by Gasteiger charge is 2.25. The zero-order valence-electron chi connectivity index (χ0n) is 12.5. The SMILES string of the molecule is CC1CCCCC1NC(C#N)c1ccc2c(c1)OCCO2. The normalized spacial score (nSPS) is 25.9. The molecule has 1 aliphatic carbocycles. The second kappa shape index (κ2) is 6.36. The van der Waals surface area contributed by atoms with E-state index in [0.29, 0.717) is 25.2 Å². The minimum atomic E-state index is -0.286. The Hall–Kier alpha value is -1.73. The number of rotatable bonds is 3. The molecule has 2 aliphatic rings. The van der Waals surface area contributed by atoms with Gasteiger partial charge in [-0.2, -0.15) is 5.26 Å². The topological polar surface area (TPSA) is 54.3 Å². The van der Waals surface area contributed by atoms with Gasteiger partial charge in [0, 0.05) is 6.04 Å². The highest BCUT2D eigenvalue weighted by atomic mass is 16.6. The molecular weight excluding hydrogens is 264 g/mol. The van der Waals surface area contributed by atoms with Crippen molar-refractivity contribution in [1.82, 2.24) is 5.32 Å². The van der Waals surface area contributed by atoms with Gasteiger partial charge in [0.25, 0.3) is 0 Å². The van der Waals surface area contributed by atoms with Crippen molar-refractivity contribution >= 4 is 0 Å². The molecule has 0 spiro atoms. The Morgan fingerprint density at radius 1 is 1.19 bits per heavy atom. The molecule has 4 nitrogen and oxygen atoms in total. The lowest BCUT2D eigenvalue weighted by molar-refractivity contribution is 0.171. The van der Waals surface area contributed by atoms with E-state index in [0.717, 1.165) is 23.5 Å².